The van der Waals surface area contributed by atoms with Gasteiger partial charge in [0.1, 0.15) is 0 Å². The first-order chi connectivity index (χ1) is 3.91. The van der Waals surface area contributed by atoms with Gasteiger partial charge in [-0.15, -0.1) is 11.3 Å². The fourth-order valence-corrected chi connectivity index (χ4v) is 0.527. The van der Waals surface area contributed by atoms with Gasteiger partial charge in [-0.05, 0) is 6.08 Å². The summed E-state index contributed by atoms with van der Waals surface area (Å²) in [7, 11) is 0. The van der Waals surface area contributed by atoms with Crippen LogP contribution in [0.4, 0.5) is 0 Å². The Hall–Kier alpha value is -0.990. The Morgan fingerprint density at radius 2 is 2.38 bits per heavy atom. The average Bonchev–Trinajstić information content (AvgIpc) is 2.17. The van der Waals surface area contributed by atoms with Crippen LogP contribution in [0.15, 0.2) is 17.1 Å². The van der Waals surface area contributed by atoms with Crippen LogP contribution >= 0.6 is 11.3 Å². The summed E-state index contributed by atoms with van der Waals surface area (Å²) < 4.78 is 0. The van der Waals surface area contributed by atoms with E-state index in [1.807, 2.05) is 5.38 Å². The van der Waals surface area contributed by atoms with Crippen LogP contribution in [-0.2, 0) is 4.79 Å². The summed E-state index contributed by atoms with van der Waals surface area (Å²) in [5.41, 5.74) is 1.79. The van der Waals surface area contributed by atoms with E-state index in [1.165, 1.54) is 0 Å². The molecule has 0 saturated heterocycles. The highest BCUT2D eigenvalue weighted by Crippen LogP contribution is 1.85. The summed E-state index contributed by atoms with van der Waals surface area (Å²) >= 11 is 1.60. The predicted molar refractivity (Wildman–Crippen MR) is 31.2 cm³/mol. The molecule has 0 aromatic carbocycles. The maximum absolute atomic E-state index is 8.24. The number of thiazole rings is 1. The summed E-state index contributed by atoms with van der Waals surface area (Å²) in [5.74, 6) is 0. The normalized spacial score (nSPS) is 6.00. The standard InChI is InChI=1S/C3H3NS.CNO/c1-2-5-3-4-1;2-1-3/h1-3H;/q;-1. The minimum atomic E-state index is 0.500. The topological polar surface area (TPSA) is 52.3 Å². The molecule has 1 heterocycles. The summed E-state index contributed by atoms with van der Waals surface area (Å²) in [5, 5.41) is 8.69. The molecule has 4 heteroatoms. The molecule has 3 nitrogen and oxygen atoms in total. The van der Waals surface area contributed by atoms with Crippen molar-refractivity contribution in [3.8, 4) is 0 Å². The van der Waals surface area contributed by atoms with Crippen molar-refractivity contribution in [1.29, 1.82) is 0 Å². The van der Waals surface area contributed by atoms with Crippen LogP contribution in [0.3, 0.4) is 0 Å². The highest BCUT2D eigenvalue weighted by atomic mass is 32.1. The van der Waals surface area contributed by atoms with E-state index < -0.39 is 0 Å². The zero-order chi connectivity index (χ0) is 6.24. The van der Waals surface area contributed by atoms with Crippen LogP contribution in [-0.4, -0.2) is 11.1 Å². The van der Waals surface area contributed by atoms with E-state index in [4.69, 9.17) is 10.2 Å². The summed E-state index contributed by atoms with van der Waals surface area (Å²) in [6, 6.07) is 0. The van der Waals surface area contributed by atoms with Gasteiger partial charge < -0.3 is 5.41 Å². The lowest BCUT2D eigenvalue weighted by molar-refractivity contribution is 0.569. The van der Waals surface area contributed by atoms with Crippen molar-refractivity contribution < 1.29 is 4.79 Å². The molecule has 0 aliphatic heterocycles. The smallest absolute Gasteiger partial charge is 0.0791 e. The van der Waals surface area contributed by atoms with Gasteiger partial charge >= 0.3 is 0 Å². The van der Waals surface area contributed by atoms with Crippen molar-refractivity contribution in [3.63, 3.8) is 0 Å². The molecule has 0 aliphatic rings. The lowest BCUT2D eigenvalue weighted by Crippen LogP contribution is -1.38. The second-order valence-electron chi connectivity index (χ2n) is 0.767. The van der Waals surface area contributed by atoms with Crippen molar-refractivity contribution in [1.82, 2.24) is 4.98 Å². The molecule has 42 valence electrons. The van der Waals surface area contributed by atoms with Gasteiger partial charge in [-0.2, -0.15) is 0 Å². The molecular weight excluding hydrogens is 124 g/mol. The Bertz CT molecular complexity index is 126. The number of carbonyl (C=O) groups excluding carboxylic acids is 1. The SMILES string of the molecule is [N-]=C=O.c1cscn1. The largest absolute Gasteiger partial charge is 0.724 e. The highest BCUT2D eigenvalue weighted by Gasteiger charge is 1.59. The molecule has 0 unspecified atom stereocenters. The van der Waals surface area contributed by atoms with Crippen molar-refractivity contribution in [2.24, 2.45) is 0 Å². The van der Waals surface area contributed by atoms with E-state index in [9.17, 15) is 0 Å². The maximum atomic E-state index is 8.24. The van der Waals surface area contributed by atoms with Gasteiger partial charge in [0.25, 0.3) is 0 Å². The number of hydrogen-bond donors (Lipinski definition) is 0. The summed E-state index contributed by atoms with van der Waals surface area (Å²) in [6.07, 6.45) is 2.27. The van der Waals surface area contributed by atoms with Crippen molar-refractivity contribution >= 4 is 17.4 Å². The summed E-state index contributed by atoms with van der Waals surface area (Å²) in [4.78, 5) is 12.0. The second kappa shape index (κ2) is 6.01. The van der Waals surface area contributed by atoms with E-state index in [1.54, 1.807) is 23.0 Å². The first kappa shape index (κ1) is 7.01. The molecule has 0 amide bonds. The van der Waals surface area contributed by atoms with Crippen LogP contribution in [0.5, 0.6) is 0 Å². The number of isocyanates is 1. The van der Waals surface area contributed by atoms with E-state index in [0.29, 0.717) is 6.08 Å². The molecule has 0 atom stereocenters. The fraction of sp³-hybridized carbons (Fsp3) is 0. The Morgan fingerprint density at radius 3 is 2.50 bits per heavy atom. The van der Waals surface area contributed by atoms with Gasteiger partial charge in [-0.25, -0.2) is 0 Å². The van der Waals surface area contributed by atoms with Gasteiger partial charge in [-0.1, -0.05) is 0 Å². The maximum Gasteiger partial charge on any atom is 0.0791 e. The molecule has 0 saturated carbocycles. The molecule has 0 aliphatic carbocycles. The fourth-order valence-electron chi connectivity index (χ4n) is 0.176. The number of hydrogen-bond acceptors (Lipinski definition) is 3. The van der Waals surface area contributed by atoms with Crippen LogP contribution in [0.25, 0.3) is 5.41 Å². The molecule has 0 spiro atoms. The van der Waals surface area contributed by atoms with Gasteiger partial charge in [0.05, 0.1) is 5.51 Å². The van der Waals surface area contributed by atoms with Crippen molar-refractivity contribution in [2.75, 3.05) is 0 Å². The molecule has 8 heavy (non-hydrogen) atoms. The number of rotatable bonds is 0. The Labute approximate surface area is 50.5 Å². The molecule has 1 aromatic rings. The van der Waals surface area contributed by atoms with E-state index in [-0.39, 0.29) is 0 Å². The zero-order valence-electron chi connectivity index (χ0n) is 3.94. The number of aromatic nitrogens is 1. The molecular formula is C4H3N2OS-. The third-order valence-electron chi connectivity index (χ3n) is 0.347. The molecule has 0 bridgehead atoms. The third kappa shape index (κ3) is 5.01. The molecule has 0 fully saturated rings. The van der Waals surface area contributed by atoms with E-state index in [0.717, 1.165) is 0 Å². The van der Waals surface area contributed by atoms with Crippen LogP contribution < -0.4 is 0 Å². The first-order valence-electron chi connectivity index (χ1n) is 1.75. The lowest BCUT2D eigenvalue weighted by atomic mass is 11.0. The van der Waals surface area contributed by atoms with Crippen LogP contribution in [0.2, 0.25) is 0 Å². The minimum absolute atomic E-state index is 0.500. The zero-order valence-corrected chi connectivity index (χ0v) is 4.76. The quantitative estimate of drug-likeness (QED) is 0.386. The Balaban J connectivity index is 0.000000145. The third-order valence-corrected chi connectivity index (χ3v) is 0.869. The highest BCUT2D eigenvalue weighted by molar-refractivity contribution is 7.07. The molecule has 1 aromatic heterocycles. The van der Waals surface area contributed by atoms with Gasteiger partial charge in [-0.3, -0.25) is 9.78 Å². The Morgan fingerprint density at radius 1 is 1.75 bits per heavy atom. The predicted octanol–water partition coefficient (Wildman–Crippen LogP) is 1.03. The molecule has 0 N–H and O–H groups in total. The lowest BCUT2D eigenvalue weighted by Gasteiger charge is -1.41. The number of nitrogens with zero attached hydrogens (tertiary/aromatic N) is 2. The Kier molecular flexibility index (Phi) is 5.27. The van der Waals surface area contributed by atoms with E-state index >= 15 is 0 Å². The molecule has 0 radical (unpaired) electrons. The molecule has 1 rings (SSSR count). The van der Waals surface area contributed by atoms with E-state index in [2.05, 4.69) is 4.98 Å². The minimum Gasteiger partial charge on any atom is -0.724 e. The van der Waals surface area contributed by atoms with Crippen LogP contribution in [0, 0.1) is 0 Å². The van der Waals surface area contributed by atoms with Gasteiger partial charge in [0.2, 0.25) is 0 Å². The van der Waals surface area contributed by atoms with Crippen molar-refractivity contribution in [2.45, 2.75) is 0 Å². The monoisotopic (exact) mass is 127 g/mol. The van der Waals surface area contributed by atoms with Gasteiger partial charge in [0.15, 0.2) is 0 Å². The van der Waals surface area contributed by atoms with Crippen LogP contribution in [0.1, 0.15) is 0 Å². The second-order valence-corrected chi connectivity index (χ2v) is 1.52. The van der Waals surface area contributed by atoms with Crippen molar-refractivity contribution in [3.05, 3.63) is 22.5 Å². The van der Waals surface area contributed by atoms with Gasteiger partial charge in [0, 0.05) is 11.6 Å². The summed E-state index contributed by atoms with van der Waals surface area (Å²) in [6.45, 7) is 0. The average molecular weight is 127 g/mol. The first-order valence-corrected chi connectivity index (χ1v) is 2.69.